The van der Waals surface area contributed by atoms with Crippen molar-refractivity contribution >= 4 is 29.1 Å². The first-order chi connectivity index (χ1) is 13.5. The Balaban J connectivity index is 1.42. The number of rotatable bonds is 7. The molecule has 1 aromatic carbocycles. The summed E-state index contributed by atoms with van der Waals surface area (Å²) in [7, 11) is 0. The monoisotopic (exact) mass is 404 g/mol. The molecule has 28 heavy (non-hydrogen) atoms. The Kier molecular flexibility index (Phi) is 6.76. The van der Waals surface area contributed by atoms with Gasteiger partial charge in [-0.05, 0) is 48.4 Å². The summed E-state index contributed by atoms with van der Waals surface area (Å²) >= 11 is 1.33. The highest BCUT2D eigenvalue weighted by Crippen LogP contribution is 2.23. The lowest BCUT2D eigenvalue weighted by molar-refractivity contribution is -0.152. The number of nitrogens with one attached hydrogen (secondary N) is 1. The summed E-state index contributed by atoms with van der Waals surface area (Å²) in [6.07, 6.45) is 1.80. The summed E-state index contributed by atoms with van der Waals surface area (Å²) in [5.74, 6) is -1.46. The number of nitrogens with zero attached hydrogens (tertiary/aromatic N) is 1. The summed E-state index contributed by atoms with van der Waals surface area (Å²) in [6.45, 7) is 0.467. The number of carbonyl (C=O) groups is 3. The minimum Gasteiger partial charge on any atom is -0.454 e. The molecule has 1 N–H and O–H groups in total. The average Bonchev–Trinajstić information content (AvgIpc) is 3.39. The second-order valence-electron chi connectivity index (χ2n) is 6.47. The maximum atomic E-state index is 12.9. The molecule has 0 bridgehead atoms. The Morgan fingerprint density at radius 1 is 1.21 bits per heavy atom. The van der Waals surface area contributed by atoms with Gasteiger partial charge in [-0.15, -0.1) is 11.3 Å². The van der Waals surface area contributed by atoms with Gasteiger partial charge in [0.15, 0.2) is 6.61 Å². The molecule has 0 radical (unpaired) electrons. The lowest BCUT2D eigenvalue weighted by Crippen LogP contribution is -2.42. The molecule has 1 aliphatic heterocycles. The third kappa shape index (κ3) is 5.16. The van der Waals surface area contributed by atoms with Crippen LogP contribution in [0.3, 0.4) is 0 Å². The number of thiophene rings is 1. The predicted molar refractivity (Wildman–Crippen MR) is 102 cm³/mol. The third-order valence-electron chi connectivity index (χ3n) is 4.51. The molecule has 1 atom stereocenters. The Morgan fingerprint density at radius 3 is 2.71 bits per heavy atom. The molecule has 8 heteroatoms. The van der Waals surface area contributed by atoms with E-state index < -0.39 is 17.9 Å². The van der Waals surface area contributed by atoms with Gasteiger partial charge in [0.25, 0.3) is 11.8 Å². The first-order valence-corrected chi connectivity index (χ1v) is 9.95. The van der Waals surface area contributed by atoms with E-state index in [9.17, 15) is 18.8 Å². The van der Waals surface area contributed by atoms with Gasteiger partial charge in [0.2, 0.25) is 0 Å². The maximum Gasteiger partial charge on any atom is 0.329 e. The van der Waals surface area contributed by atoms with E-state index in [-0.39, 0.29) is 18.3 Å². The quantitative estimate of drug-likeness (QED) is 0.719. The van der Waals surface area contributed by atoms with Crippen LogP contribution in [0, 0.1) is 5.82 Å². The van der Waals surface area contributed by atoms with Crippen molar-refractivity contribution in [2.24, 2.45) is 0 Å². The summed E-state index contributed by atoms with van der Waals surface area (Å²) in [5.41, 5.74) is 0.896. The number of ether oxygens (including phenoxy) is 1. The second kappa shape index (κ2) is 9.45. The number of hydrogen-bond donors (Lipinski definition) is 1. The highest BCUT2D eigenvalue weighted by molar-refractivity contribution is 7.12. The van der Waals surface area contributed by atoms with Crippen molar-refractivity contribution in [2.75, 3.05) is 19.7 Å². The van der Waals surface area contributed by atoms with Crippen LogP contribution in [0.2, 0.25) is 0 Å². The zero-order valence-corrected chi connectivity index (χ0v) is 16.0. The number of likely N-dealkylation sites (tertiary alicyclic amines) is 1. The van der Waals surface area contributed by atoms with Crippen LogP contribution in [0.4, 0.5) is 4.39 Å². The molecular formula is C20H21FN2O4S. The summed E-state index contributed by atoms with van der Waals surface area (Å²) in [4.78, 5) is 38.8. The normalized spacial score (nSPS) is 16.0. The maximum absolute atomic E-state index is 12.9. The third-order valence-corrected chi connectivity index (χ3v) is 5.37. The number of amides is 2. The van der Waals surface area contributed by atoms with Gasteiger partial charge in [0.05, 0.1) is 4.88 Å². The van der Waals surface area contributed by atoms with E-state index in [1.165, 1.54) is 28.4 Å². The summed E-state index contributed by atoms with van der Waals surface area (Å²) < 4.78 is 18.0. The SMILES string of the molecule is O=C(COC(=O)[C@@H]1CCCN1C(=O)c1cccs1)NCCc1ccc(F)cc1. The molecular weight excluding hydrogens is 383 g/mol. The molecule has 0 saturated carbocycles. The van der Waals surface area contributed by atoms with Crippen LogP contribution in [0.25, 0.3) is 0 Å². The molecule has 3 rings (SSSR count). The molecule has 0 aliphatic carbocycles. The van der Waals surface area contributed by atoms with Gasteiger partial charge >= 0.3 is 5.97 Å². The van der Waals surface area contributed by atoms with Gasteiger partial charge in [-0.1, -0.05) is 18.2 Å². The zero-order valence-electron chi connectivity index (χ0n) is 15.2. The van der Waals surface area contributed by atoms with Gasteiger partial charge in [-0.25, -0.2) is 9.18 Å². The Bertz CT molecular complexity index is 823. The van der Waals surface area contributed by atoms with Gasteiger partial charge in [-0.2, -0.15) is 0 Å². The Hall–Kier alpha value is -2.74. The minimum atomic E-state index is -0.651. The van der Waals surface area contributed by atoms with Crippen molar-refractivity contribution in [3.05, 3.63) is 58.0 Å². The van der Waals surface area contributed by atoms with Crippen LogP contribution in [0.5, 0.6) is 0 Å². The van der Waals surface area contributed by atoms with Crippen LogP contribution < -0.4 is 5.32 Å². The predicted octanol–water partition coefficient (Wildman–Crippen LogP) is 2.39. The van der Waals surface area contributed by atoms with Crippen molar-refractivity contribution in [3.63, 3.8) is 0 Å². The van der Waals surface area contributed by atoms with Crippen molar-refractivity contribution in [1.82, 2.24) is 10.2 Å². The van der Waals surface area contributed by atoms with Crippen LogP contribution in [-0.2, 0) is 20.7 Å². The lowest BCUT2D eigenvalue weighted by Gasteiger charge is -2.22. The second-order valence-corrected chi connectivity index (χ2v) is 7.42. The van der Waals surface area contributed by atoms with Gasteiger partial charge in [0.1, 0.15) is 11.9 Å². The first kappa shape index (κ1) is 20.0. The van der Waals surface area contributed by atoms with Crippen LogP contribution in [-0.4, -0.2) is 48.4 Å². The highest BCUT2D eigenvalue weighted by atomic mass is 32.1. The molecule has 0 unspecified atom stereocenters. The van der Waals surface area contributed by atoms with E-state index in [4.69, 9.17) is 4.74 Å². The number of benzene rings is 1. The molecule has 2 aromatic rings. The van der Waals surface area contributed by atoms with Crippen molar-refractivity contribution < 1.29 is 23.5 Å². The standard InChI is InChI=1S/C20H21FN2O4S/c21-15-7-5-14(6-8-15)9-10-22-18(24)13-27-20(26)16-3-1-11-23(16)19(25)17-4-2-12-28-17/h2,4-8,12,16H,1,3,9-11,13H2,(H,22,24)/t16-/m0/s1. The van der Waals surface area contributed by atoms with E-state index in [0.717, 1.165) is 12.0 Å². The van der Waals surface area contributed by atoms with E-state index in [1.807, 2.05) is 5.38 Å². The first-order valence-electron chi connectivity index (χ1n) is 9.07. The van der Waals surface area contributed by atoms with E-state index >= 15 is 0 Å². The zero-order chi connectivity index (χ0) is 19.9. The summed E-state index contributed by atoms with van der Waals surface area (Å²) in [5, 5.41) is 4.47. The van der Waals surface area contributed by atoms with Crippen LogP contribution >= 0.6 is 11.3 Å². The number of halogens is 1. The molecule has 148 valence electrons. The average molecular weight is 404 g/mol. The molecule has 1 aliphatic rings. The lowest BCUT2D eigenvalue weighted by atomic mass is 10.1. The molecule has 0 spiro atoms. The fourth-order valence-electron chi connectivity index (χ4n) is 3.08. The van der Waals surface area contributed by atoms with Crippen molar-refractivity contribution in [3.8, 4) is 0 Å². The number of esters is 1. The summed E-state index contributed by atoms with van der Waals surface area (Å²) in [6, 6.07) is 8.90. The largest absolute Gasteiger partial charge is 0.454 e. The Labute approximate surface area is 166 Å². The fourth-order valence-corrected chi connectivity index (χ4v) is 3.76. The molecule has 1 fully saturated rings. The number of carbonyl (C=O) groups excluding carboxylic acids is 3. The molecule has 1 saturated heterocycles. The van der Waals surface area contributed by atoms with E-state index in [1.54, 1.807) is 24.3 Å². The molecule has 2 heterocycles. The smallest absolute Gasteiger partial charge is 0.329 e. The van der Waals surface area contributed by atoms with E-state index in [0.29, 0.717) is 30.8 Å². The molecule has 6 nitrogen and oxygen atoms in total. The van der Waals surface area contributed by atoms with Gasteiger partial charge in [0, 0.05) is 13.1 Å². The fraction of sp³-hybridized carbons (Fsp3) is 0.350. The van der Waals surface area contributed by atoms with Gasteiger partial charge < -0.3 is 15.0 Å². The van der Waals surface area contributed by atoms with Crippen molar-refractivity contribution in [1.29, 1.82) is 0 Å². The van der Waals surface area contributed by atoms with Crippen molar-refractivity contribution in [2.45, 2.75) is 25.3 Å². The topological polar surface area (TPSA) is 75.7 Å². The molecule has 2 amide bonds. The minimum absolute atomic E-state index is 0.182. The van der Waals surface area contributed by atoms with Crippen LogP contribution in [0.1, 0.15) is 28.1 Å². The van der Waals surface area contributed by atoms with E-state index in [2.05, 4.69) is 5.32 Å². The highest BCUT2D eigenvalue weighted by Gasteiger charge is 2.36. The van der Waals surface area contributed by atoms with Crippen LogP contribution in [0.15, 0.2) is 41.8 Å². The number of hydrogen-bond acceptors (Lipinski definition) is 5. The Morgan fingerprint density at radius 2 is 2.00 bits per heavy atom. The van der Waals surface area contributed by atoms with Gasteiger partial charge in [-0.3, -0.25) is 9.59 Å². The molecule has 1 aromatic heterocycles.